The fourth-order valence-corrected chi connectivity index (χ4v) is 0.909. The molecule has 0 radical (unpaired) electrons. The molecule has 2 aromatic heterocycles. The average molecular weight is 164 g/mol. The van der Waals surface area contributed by atoms with Crippen LogP contribution in [0.25, 0.3) is 11.4 Å². The summed E-state index contributed by atoms with van der Waals surface area (Å²) in [4.78, 5) is 3.82. The average Bonchev–Trinajstić information content (AvgIpc) is 2.57. The summed E-state index contributed by atoms with van der Waals surface area (Å²) in [5.74, 6) is -0.397. The highest BCUT2D eigenvalue weighted by Crippen LogP contribution is 2.16. The second-order valence-corrected chi connectivity index (χ2v) is 2.22. The van der Waals surface area contributed by atoms with Gasteiger partial charge in [0, 0.05) is 12.3 Å². The third-order valence-electron chi connectivity index (χ3n) is 1.44. The van der Waals surface area contributed by atoms with Crippen LogP contribution in [0.1, 0.15) is 0 Å². The van der Waals surface area contributed by atoms with E-state index >= 15 is 0 Å². The van der Waals surface area contributed by atoms with Crippen LogP contribution in [-0.4, -0.2) is 10.1 Å². The van der Waals surface area contributed by atoms with Gasteiger partial charge in [0.15, 0.2) is 5.82 Å². The minimum atomic E-state index is -0.397. The first kappa shape index (κ1) is 6.97. The van der Waals surface area contributed by atoms with Gasteiger partial charge in [-0.1, -0.05) is 5.16 Å². The van der Waals surface area contributed by atoms with Gasteiger partial charge < -0.3 is 4.52 Å². The van der Waals surface area contributed by atoms with Crippen molar-refractivity contribution < 1.29 is 8.91 Å². The summed E-state index contributed by atoms with van der Waals surface area (Å²) in [6, 6.07) is 4.42. The van der Waals surface area contributed by atoms with Gasteiger partial charge in [0.1, 0.15) is 17.7 Å². The fourth-order valence-electron chi connectivity index (χ4n) is 0.909. The Morgan fingerprint density at radius 3 is 2.92 bits per heavy atom. The topological polar surface area (TPSA) is 38.9 Å². The SMILES string of the molecule is Fc1cccnc1-c1ccon1. The van der Waals surface area contributed by atoms with Crippen LogP contribution in [0.15, 0.2) is 35.2 Å². The highest BCUT2D eigenvalue weighted by molar-refractivity contribution is 5.52. The molecule has 60 valence electrons. The van der Waals surface area contributed by atoms with E-state index in [9.17, 15) is 4.39 Å². The summed E-state index contributed by atoms with van der Waals surface area (Å²) in [5, 5.41) is 3.57. The van der Waals surface area contributed by atoms with E-state index in [1.165, 1.54) is 24.6 Å². The second-order valence-electron chi connectivity index (χ2n) is 2.22. The predicted octanol–water partition coefficient (Wildman–Crippen LogP) is 1.88. The van der Waals surface area contributed by atoms with Crippen LogP contribution in [0.2, 0.25) is 0 Å². The molecule has 0 bridgehead atoms. The van der Waals surface area contributed by atoms with Gasteiger partial charge in [0.2, 0.25) is 0 Å². The van der Waals surface area contributed by atoms with Crippen LogP contribution < -0.4 is 0 Å². The lowest BCUT2D eigenvalue weighted by Crippen LogP contribution is -1.87. The van der Waals surface area contributed by atoms with Crippen LogP contribution in [0.3, 0.4) is 0 Å². The van der Waals surface area contributed by atoms with Gasteiger partial charge in [-0.3, -0.25) is 4.98 Å². The zero-order valence-electron chi connectivity index (χ0n) is 6.07. The first-order chi connectivity index (χ1) is 5.88. The molecule has 0 amide bonds. The summed E-state index contributed by atoms with van der Waals surface area (Å²) in [7, 11) is 0. The minimum absolute atomic E-state index is 0.214. The number of pyridine rings is 1. The van der Waals surface area contributed by atoms with Crippen molar-refractivity contribution in [3.63, 3.8) is 0 Å². The Bertz CT molecular complexity index is 372. The van der Waals surface area contributed by atoms with E-state index in [-0.39, 0.29) is 5.69 Å². The molecule has 12 heavy (non-hydrogen) atoms. The van der Waals surface area contributed by atoms with Crippen molar-refractivity contribution in [2.75, 3.05) is 0 Å². The van der Waals surface area contributed by atoms with Gasteiger partial charge in [-0.15, -0.1) is 0 Å². The highest BCUT2D eigenvalue weighted by atomic mass is 19.1. The quantitative estimate of drug-likeness (QED) is 0.645. The molecule has 0 aromatic carbocycles. The van der Waals surface area contributed by atoms with E-state index in [0.717, 1.165) is 0 Å². The molecule has 0 spiro atoms. The standard InChI is InChI=1S/C8H5FN2O/c9-6-2-1-4-10-8(6)7-3-5-12-11-7/h1-5H. The molecule has 4 heteroatoms. The smallest absolute Gasteiger partial charge is 0.151 e. The van der Waals surface area contributed by atoms with Gasteiger partial charge in [-0.2, -0.15) is 0 Å². The van der Waals surface area contributed by atoms with Crippen molar-refractivity contribution in [3.8, 4) is 11.4 Å². The molecule has 0 aliphatic rings. The first-order valence-corrected chi connectivity index (χ1v) is 3.39. The number of halogens is 1. The van der Waals surface area contributed by atoms with Gasteiger partial charge >= 0.3 is 0 Å². The molecule has 2 heterocycles. The van der Waals surface area contributed by atoms with Crippen molar-refractivity contribution in [3.05, 3.63) is 36.5 Å². The normalized spacial score (nSPS) is 10.1. The largest absolute Gasteiger partial charge is 0.364 e. The summed E-state index contributed by atoms with van der Waals surface area (Å²) in [5.41, 5.74) is 0.624. The maximum atomic E-state index is 13.0. The Kier molecular flexibility index (Phi) is 1.59. The number of hydrogen-bond donors (Lipinski definition) is 0. The number of nitrogens with zero attached hydrogens (tertiary/aromatic N) is 2. The first-order valence-electron chi connectivity index (χ1n) is 3.39. The molecular formula is C8H5FN2O. The number of hydrogen-bond acceptors (Lipinski definition) is 3. The lowest BCUT2D eigenvalue weighted by molar-refractivity contribution is 0.421. The van der Waals surface area contributed by atoms with E-state index in [4.69, 9.17) is 0 Å². The van der Waals surface area contributed by atoms with Crippen LogP contribution >= 0.6 is 0 Å². The molecule has 0 aliphatic heterocycles. The van der Waals surface area contributed by atoms with E-state index in [0.29, 0.717) is 5.69 Å². The molecule has 0 fully saturated rings. The molecule has 0 unspecified atom stereocenters. The molecule has 0 aliphatic carbocycles. The fraction of sp³-hybridized carbons (Fsp3) is 0. The molecule has 0 saturated heterocycles. The molecule has 0 atom stereocenters. The number of rotatable bonds is 1. The Balaban J connectivity index is 2.55. The molecule has 0 N–H and O–H groups in total. The Morgan fingerprint density at radius 2 is 2.25 bits per heavy atom. The van der Waals surface area contributed by atoms with Crippen molar-refractivity contribution in [1.29, 1.82) is 0 Å². The number of aromatic nitrogens is 2. The van der Waals surface area contributed by atoms with E-state index in [2.05, 4.69) is 14.7 Å². The Hall–Kier alpha value is -1.71. The minimum Gasteiger partial charge on any atom is -0.364 e. The predicted molar refractivity (Wildman–Crippen MR) is 39.7 cm³/mol. The summed E-state index contributed by atoms with van der Waals surface area (Å²) >= 11 is 0. The van der Waals surface area contributed by atoms with E-state index in [1.54, 1.807) is 6.07 Å². The summed E-state index contributed by atoms with van der Waals surface area (Å²) in [6.07, 6.45) is 2.89. The van der Waals surface area contributed by atoms with Crippen LogP contribution in [0.5, 0.6) is 0 Å². The van der Waals surface area contributed by atoms with Crippen molar-refractivity contribution in [2.45, 2.75) is 0 Å². The third-order valence-corrected chi connectivity index (χ3v) is 1.44. The molecule has 2 aromatic rings. The summed E-state index contributed by atoms with van der Waals surface area (Å²) < 4.78 is 17.6. The van der Waals surface area contributed by atoms with Crippen LogP contribution in [-0.2, 0) is 0 Å². The van der Waals surface area contributed by atoms with Gasteiger partial charge in [0.25, 0.3) is 0 Å². The van der Waals surface area contributed by atoms with Crippen molar-refractivity contribution >= 4 is 0 Å². The zero-order valence-corrected chi connectivity index (χ0v) is 6.07. The third kappa shape index (κ3) is 1.07. The van der Waals surface area contributed by atoms with E-state index in [1.807, 2.05) is 0 Å². The molecule has 2 rings (SSSR count). The second kappa shape index (κ2) is 2.73. The van der Waals surface area contributed by atoms with Gasteiger partial charge in [0.05, 0.1) is 0 Å². The summed E-state index contributed by atoms with van der Waals surface area (Å²) in [6.45, 7) is 0. The maximum Gasteiger partial charge on any atom is 0.151 e. The van der Waals surface area contributed by atoms with Crippen LogP contribution in [0.4, 0.5) is 4.39 Å². The molecule has 0 saturated carbocycles. The molecular weight excluding hydrogens is 159 g/mol. The highest BCUT2D eigenvalue weighted by Gasteiger charge is 2.07. The zero-order chi connectivity index (χ0) is 8.39. The lowest BCUT2D eigenvalue weighted by Gasteiger charge is -1.94. The molecule has 3 nitrogen and oxygen atoms in total. The Morgan fingerprint density at radius 1 is 1.33 bits per heavy atom. The van der Waals surface area contributed by atoms with Crippen LogP contribution in [0, 0.1) is 5.82 Å². The van der Waals surface area contributed by atoms with Crippen molar-refractivity contribution in [1.82, 2.24) is 10.1 Å². The Labute approximate surface area is 67.8 Å². The van der Waals surface area contributed by atoms with Gasteiger partial charge in [-0.25, -0.2) is 4.39 Å². The lowest BCUT2D eigenvalue weighted by atomic mass is 10.3. The monoisotopic (exact) mass is 164 g/mol. The van der Waals surface area contributed by atoms with E-state index < -0.39 is 5.82 Å². The van der Waals surface area contributed by atoms with Gasteiger partial charge in [-0.05, 0) is 12.1 Å². The van der Waals surface area contributed by atoms with Crippen molar-refractivity contribution in [2.24, 2.45) is 0 Å². The maximum absolute atomic E-state index is 13.0.